The molecule has 0 radical (unpaired) electrons. The quantitative estimate of drug-likeness (QED) is 0.557. The van der Waals surface area contributed by atoms with Crippen LogP contribution in [-0.4, -0.2) is 49.5 Å². The van der Waals surface area contributed by atoms with Gasteiger partial charge >= 0.3 is 5.69 Å². The lowest BCUT2D eigenvalue weighted by molar-refractivity contribution is -0.207. The van der Waals surface area contributed by atoms with Crippen molar-refractivity contribution in [2.75, 3.05) is 6.61 Å². The second-order valence-corrected chi connectivity index (χ2v) is 4.06. The molecule has 108 valence electrons. The second kappa shape index (κ2) is 5.18. The van der Waals surface area contributed by atoms with Crippen LogP contribution in [0, 0.1) is 12.5 Å². The molecule has 1 aliphatic rings. The Morgan fingerprint density at radius 1 is 1.65 bits per heavy atom. The zero-order valence-electron chi connectivity index (χ0n) is 10.0. The van der Waals surface area contributed by atoms with Crippen molar-refractivity contribution in [1.29, 1.82) is 0 Å². The Hall–Kier alpha value is -1.99. The van der Waals surface area contributed by atoms with E-state index in [1.807, 2.05) is 6.11 Å². The van der Waals surface area contributed by atoms with Crippen LogP contribution in [0.25, 0.3) is 0 Å². The Kier molecular flexibility index (Phi) is 3.74. The van der Waals surface area contributed by atoms with Gasteiger partial charge in [-0.15, -0.1) is 0 Å². The third-order valence-corrected chi connectivity index (χ3v) is 2.83. The van der Waals surface area contributed by atoms with Crippen LogP contribution >= 0.6 is 0 Å². The van der Waals surface area contributed by atoms with Crippen LogP contribution in [0.4, 0.5) is 4.39 Å². The summed E-state index contributed by atoms with van der Waals surface area (Å²) < 4.78 is 23.9. The van der Waals surface area contributed by atoms with Gasteiger partial charge in [-0.05, 0) is 0 Å². The van der Waals surface area contributed by atoms with Gasteiger partial charge in [-0.3, -0.25) is 4.57 Å². The number of hydrogen-bond donors (Lipinski definition) is 3. The van der Waals surface area contributed by atoms with Crippen molar-refractivity contribution in [2.45, 2.75) is 24.3 Å². The van der Waals surface area contributed by atoms with Crippen molar-refractivity contribution >= 4 is 0 Å². The second-order valence-electron chi connectivity index (χ2n) is 4.06. The van der Waals surface area contributed by atoms with Crippen molar-refractivity contribution < 1.29 is 29.2 Å². The minimum absolute atomic E-state index is 0.157. The fourth-order valence-electron chi connectivity index (χ4n) is 1.81. The first-order valence-corrected chi connectivity index (χ1v) is 5.48. The molecule has 4 atom stereocenters. The van der Waals surface area contributed by atoms with E-state index < -0.39 is 36.6 Å². The third kappa shape index (κ3) is 2.25. The zero-order valence-corrected chi connectivity index (χ0v) is 10.0. The molecule has 8 nitrogen and oxygen atoms in total. The van der Waals surface area contributed by atoms with Gasteiger partial charge in [0.25, 0.3) is 5.85 Å². The number of aromatic nitrogens is 2. The van der Waals surface area contributed by atoms with E-state index in [1.165, 1.54) is 6.07 Å². The predicted molar refractivity (Wildman–Crippen MR) is 61.0 cm³/mol. The number of hydrogen-bond acceptors (Lipinski definition) is 7. The fourth-order valence-corrected chi connectivity index (χ4v) is 1.81. The molecule has 1 fully saturated rings. The number of alkyl halides is 1. The van der Waals surface area contributed by atoms with Crippen LogP contribution in [0.3, 0.4) is 0 Å². The average molecular weight is 286 g/mol. The lowest BCUT2D eigenvalue weighted by atomic mass is 10.1. The highest BCUT2D eigenvalue weighted by Crippen LogP contribution is 2.37. The highest BCUT2D eigenvalue weighted by molar-refractivity contribution is 5.09. The molecule has 1 aromatic rings. The average Bonchev–Trinajstić information content (AvgIpc) is 2.65. The largest absolute Gasteiger partial charge is 0.390 e. The van der Waals surface area contributed by atoms with Gasteiger partial charge in [0.1, 0.15) is 24.9 Å². The molecule has 3 N–H and O–H groups in total. The molecular formula is C11H11FN2O6. The Morgan fingerprint density at radius 2 is 2.35 bits per heavy atom. The molecule has 0 saturated carbocycles. The summed E-state index contributed by atoms with van der Waals surface area (Å²) in [7, 11) is 0. The number of terminal acetylenes is 1. The number of nitrogens with zero attached hydrogens (tertiary/aromatic N) is 2. The molecule has 20 heavy (non-hydrogen) atoms. The molecule has 1 saturated heterocycles. The number of halogens is 1. The van der Waals surface area contributed by atoms with E-state index in [-0.39, 0.29) is 5.88 Å². The molecule has 2 rings (SSSR count). The summed E-state index contributed by atoms with van der Waals surface area (Å²) in [5.41, 5.74) is -0.934. The Balaban J connectivity index is 2.34. The van der Waals surface area contributed by atoms with Gasteiger partial charge in [0.15, 0.2) is 6.23 Å². The molecule has 0 amide bonds. The van der Waals surface area contributed by atoms with Crippen LogP contribution in [-0.2, 0) is 4.74 Å². The lowest BCUT2D eigenvalue weighted by Gasteiger charge is -2.19. The molecule has 2 heterocycles. The van der Waals surface area contributed by atoms with Gasteiger partial charge in [-0.25, -0.2) is 9.18 Å². The maximum Gasteiger partial charge on any atom is 0.353 e. The standard InChI is InChI=1S/C11H11FN2O6/c1-2-19-6-3-4-14(10(18)13-6)9-7(16)8(17)11(12,5-15)20-9/h1,3-4,7-9,15-17H,5H2/t7-,8+,9-,11-/m1/s1. The van der Waals surface area contributed by atoms with Crippen LogP contribution in [0.2, 0.25) is 0 Å². The highest BCUT2D eigenvalue weighted by Gasteiger charge is 2.55. The summed E-state index contributed by atoms with van der Waals surface area (Å²) in [6, 6.07) is 1.20. The van der Waals surface area contributed by atoms with Crippen molar-refractivity contribution in [2.24, 2.45) is 0 Å². The Labute approximate surface area is 112 Å². The first-order valence-electron chi connectivity index (χ1n) is 5.48. The van der Waals surface area contributed by atoms with E-state index in [1.54, 1.807) is 0 Å². The summed E-state index contributed by atoms with van der Waals surface area (Å²) in [6.45, 7) is -1.18. The van der Waals surface area contributed by atoms with Gasteiger partial charge in [0, 0.05) is 12.3 Å². The lowest BCUT2D eigenvalue weighted by Crippen LogP contribution is -2.42. The zero-order chi connectivity index (χ0) is 14.9. The van der Waals surface area contributed by atoms with E-state index >= 15 is 0 Å². The van der Waals surface area contributed by atoms with Crippen molar-refractivity contribution in [1.82, 2.24) is 9.55 Å². The van der Waals surface area contributed by atoms with Crippen molar-refractivity contribution in [3.05, 3.63) is 22.7 Å². The van der Waals surface area contributed by atoms with E-state index in [9.17, 15) is 19.4 Å². The maximum atomic E-state index is 13.9. The summed E-state index contributed by atoms with van der Waals surface area (Å²) in [5, 5.41) is 28.0. The van der Waals surface area contributed by atoms with E-state index in [0.717, 1.165) is 10.8 Å². The van der Waals surface area contributed by atoms with Crippen LogP contribution < -0.4 is 10.4 Å². The monoisotopic (exact) mass is 286 g/mol. The molecule has 0 unspecified atom stereocenters. The smallest absolute Gasteiger partial charge is 0.353 e. The van der Waals surface area contributed by atoms with Gasteiger partial charge in [0.05, 0.1) is 0 Å². The number of aliphatic hydroxyl groups excluding tert-OH is 3. The molecule has 1 aliphatic heterocycles. The first-order chi connectivity index (χ1) is 9.42. The van der Waals surface area contributed by atoms with Gasteiger partial charge in [-0.2, -0.15) is 4.98 Å². The molecule has 0 aromatic carbocycles. The number of ether oxygens (including phenoxy) is 2. The summed E-state index contributed by atoms with van der Waals surface area (Å²) in [6.07, 6.45) is 2.48. The minimum atomic E-state index is -2.86. The molecule has 9 heteroatoms. The van der Waals surface area contributed by atoms with Crippen LogP contribution in [0.15, 0.2) is 17.1 Å². The van der Waals surface area contributed by atoms with E-state index in [2.05, 4.69) is 9.72 Å². The minimum Gasteiger partial charge on any atom is -0.390 e. The SMILES string of the molecule is C#COc1ccn([C@@H]2O[C@](F)(CO)[C@@H](O)[C@H]2O)c(=O)n1. The summed E-state index contributed by atoms with van der Waals surface area (Å²) in [5.74, 6) is -3.02. The summed E-state index contributed by atoms with van der Waals surface area (Å²) in [4.78, 5) is 15.1. The maximum absolute atomic E-state index is 13.9. The first kappa shape index (κ1) is 14.4. The topological polar surface area (TPSA) is 114 Å². The van der Waals surface area contributed by atoms with E-state index in [4.69, 9.17) is 16.3 Å². The number of aliphatic hydroxyl groups is 3. The van der Waals surface area contributed by atoms with Crippen LogP contribution in [0.5, 0.6) is 5.88 Å². The Bertz CT molecular complexity index is 599. The predicted octanol–water partition coefficient (Wildman–Crippen LogP) is -1.88. The molecule has 1 aromatic heterocycles. The van der Waals surface area contributed by atoms with Gasteiger partial charge < -0.3 is 24.8 Å². The third-order valence-electron chi connectivity index (χ3n) is 2.83. The molecule has 0 bridgehead atoms. The molecule has 0 aliphatic carbocycles. The van der Waals surface area contributed by atoms with Gasteiger partial charge in [-0.1, -0.05) is 6.42 Å². The number of rotatable bonds is 3. The highest BCUT2D eigenvalue weighted by atomic mass is 19.2. The molecule has 0 spiro atoms. The Morgan fingerprint density at radius 3 is 2.85 bits per heavy atom. The fraction of sp³-hybridized carbons (Fsp3) is 0.455. The molecular weight excluding hydrogens is 275 g/mol. The van der Waals surface area contributed by atoms with Crippen LogP contribution in [0.1, 0.15) is 6.23 Å². The van der Waals surface area contributed by atoms with Crippen molar-refractivity contribution in [3.8, 4) is 18.4 Å². The van der Waals surface area contributed by atoms with Gasteiger partial charge in [0.2, 0.25) is 5.88 Å². The summed E-state index contributed by atoms with van der Waals surface area (Å²) >= 11 is 0. The van der Waals surface area contributed by atoms with E-state index in [0.29, 0.717) is 0 Å². The van der Waals surface area contributed by atoms with Crippen molar-refractivity contribution in [3.63, 3.8) is 0 Å². The normalized spacial score (nSPS) is 32.9.